The van der Waals surface area contributed by atoms with Gasteiger partial charge in [0.25, 0.3) is 5.91 Å². The van der Waals surface area contributed by atoms with E-state index in [4.69, 9.17) is 14.2 Å². The molecule has 9 heteroatoms. The van der Waals surface area contributed by atoms with Crippen LogP contribution in [0, 0.1) is 6.92 Å². The SMILES string of the molecule is CCn1c(C)nc2cc(C(=O)NN=Cc3ccc(OC(=O)c4ccc(OC)cc4)c(OC)c3)ccc21. The lowest BCUT2D eigenvalue weighted by Gasteiger charge is -2.10. The molecule has 184 valence electrons. The van der Waals surface area contributed by atoms with Crippen LogP contribution in [-0.2, 0) is 6.54 Å². The maximum atomic E-state index is 12.6. The molecule has 0 spiro atoms. The third-order valence-electron chi connectivity index (χ3n) is 5.61. The smallest absolute Gasteiger partial charge is 0.343 e. The second kappa shape index (κ2) is 10.7. The summed E-state index contributed by atoms with van der Waals surface area (Å²) in [6.07, 6.45) is 1.48. The highest BCUT2D eigenvalue weighted by atomic mass is 16.6. The molecule has 4 aromatic rings. The number of rotatable bonds is 8. The number of fused-ring (bicyclic) bond motifs is 1. The zero-order chi connectivity index (χ0) is 25.7. The summed E-state index contributed by atoms with van der Waals surface area (Å²) in [6, 6.07) is 16.9. The van der Waals surface area contributed by atoms with Gasteiger partial charge in [0.05, 0.1) is 37.0 Å². The molecule has 0 unspecified atom stereocenters. The average Bonchev–Trinajstić information content (AvgIpc) is 3.23. The Labute approximate surface area is 208 Å². The number of esters is 1. The summed E-state index contributed by atoms with van der Waals surface area (Å²) >= 11 is 0. The van der Waals surface area contributed by atoms with Crippen molar-refractivity contribution in [2.75, 3.05) is 14.2 Å². The largest absolute Gasteiger partial charge is 0.497 e. The van der Waals surface area contributed by atoms with Gasteiger partial charge in [0.2, 0.25) is 0 Å². The van der Waals surface area contributed by atoms with Crippen molar-refractivity contribution in [1.29, 1.82) is 0 Å². The quantitative estimate of drug-likeness (QED) is 0.172. The first-order valence-corrected chi connectivity index (χ1v) is 11.3. The minimum Gasteiger partial charge on any atom is -0.497 e. The van der Waals surface area contributed by atoms with Crippen LogP contribution in [0.25, 0.3) is 11.0 Å². The number of hydrazone groups is 1. The Morgan fingerprint density at radius 1 is 0.972 bits per heavy atom. The molecule has 0 aliphatic heterocycles. The number of imidazole rings is 1. The van der Waals surface area contributed by atoms with Crippen LogP contribution in [0.5, 0.6) is 17.2 Å². The molecule has 9 nitrogen and oxygen atoms in total. The van der Waals surface area contributed by atoms with Crippen LogP contribution >= 0.6 is 0 Å². The minimum absolute atomic E-state index is 0.259. The number of carbonyl (C=O) groups excluding carboxylic acids is 2. The normalized spacial score (nSPS) is 11.0. The fourth-order valence-electron chi connectivity index (χ4n) is 3.76. The van der Waals surface area contributed by atoms with Crippen molar-refractivity contribution in [3.63, 3.8) is 0 Å². The molecule has 0 fully saturated rings. The lowest BCUT2D eigenvalue weighted by Crippen LogP contribution is -2.17. The number of carbonyl (C=O) groups is 2. The minimum atomic E-state index is -0.527. The van der Waals surface area contributed by atoms with Crippen LogP contribution in [0.2, 0.25) is 0 Å². The number of hydrogen-bond donors (Lipinski definition) is 1. The number of methoxy groups -OCH3 is 2. The second-order valence-electron chi connectivity index (χ2n) is 7.83. The molecule has 0 radical (unpaired) electrons. The predicted molar refractivity (Wildman–Crippen MR) is 136 cm³/mol. The summed E-state index contributed by atoms with van der Waals surface area (Å²) in [5.74, 6) is 1.27. The van der Waals surface area contributed by atoms with E-state index < -0.39 is 5.97 Å². The lowest BCUT2D eigenvalue weighted by atomic mass is 10.2. The molecule has 1 aromatic heterocycles. The molecule has 0 aliphatic carbocycles. The molecule has 1 amide bonds. The van der Waals surface area contributed by atoms with Gasteiger partial charge in [-0.3, -0.25) is 4.79 Å². The van der Waals surface area contributed by atoms with Gasteiger partial charge < -0.3 is 18.8 Å². The van der Waals surface area contributed by atoms with Crippen molar-refractivity contribution >= 4 is 29.1 Å². The van der Waals surface area contributed by atoms with Gasteiger partial charge in [-0.15, -0.1) is 0 Å². The first-order valence-electron chi connectivity index (χ1n) is 11.3. The van der Waals surface area contributed by atoms with Gasteiger partial charge in [0, 0.05) is 12.1 Å². The van der Waals surface area contributed by atoms with E-state index >= 15 is 0 Å². The van der Waals surface area contributed by atoms with Crippen molar-refractivity contribution in [3.05, 3.63) is 83.2 Å². The summed E-state index contributed by atoms with van der Waals surface area (Å²) in [6.45, 7) is 4.80. The number of benzene rings is 3. The maximum Gasteiger partial charge on any atom is 0.343 e. The second-order valence-corrected chi connectivity index (χ2v) is 7.83. The van der Waals surface area contributed by atoms with Gasteiger partial charge in [0.15, 0.2) is 11.5 Å². The summed E-state index contributed by atoms with van der Waals surface area (Å²) < 4.78 is 18.0. The Morgan fingerprint density at radius 2 is 1.72 bits per heavy atom. The van der Waals surface area contributed by atoms with Gasteiger partial charge >= 0.3 is 5.97 Å². The molecule has 36 heavy (non-hydrogen) atoms. The molecule has 1 heterocycles. The van der Waals surface area contributed by atoms with E-state index in [1.807, 2.05) is 13.0 Å². The lowest BCUT2D eigenvalue weighted by molar-refractivity contribution is 0.0729. The average molecular weight is 487 g/mol. The Balaban J connectivity index is 1.42. The Morgan fingerprint density at radius 3 is 2.42 bits per heavy atom. The fourth-order valence-corrected chi connectivity index (χ4v) is 3.76. The van der Waals surface area contributed by atoms with E-state index in [-0.39, 0.29) is 11.7 Å². The van der Waals surface area contributed by atoms with E-state index in [0.29, 0.717) is 28.2 Å². The van der Waals surface area contributed by atoms with Gasteiger partial charge in [0.1, 0.15) is 11.6 Å². The molecule has 0 atom stereocenters. The summed E-state index contributed by atoms with van der Waals surface area (Å²) in [4.78, 5) is 29.6. The van der Waals surface area contributed by atoms with Crippen molar-refractivity contribution in [1.82, 2.24) is 15.0 Å². The first-order chi connectivity index (χ1) is 17.4. The number of ether oxygens (including phenoxy) is 3. The molecule has 0 saturated carbocycles. The third kappa shape index (κ3) is 5.20. The van der Waals surface area contributed by atoms with Crippen LogP contribution in [0.1, 0.15) is 39.0 Å². The highest BCUT2D eigenvalue weighted by Gasteiger charge is 2.14. The highest BCUT2D eigenvalue weighted by molar-refractivity contribution is 5.98. The Bertz CT molecular complexity index is 1440. The van der Waals surface area contributed by atoms with E-state index in [9.17, 15) is 9.59 Å². The summed E-state index contributed by atoms with van der Waals surface area (Å²) in [7, 11) is 3.03. The number of amides is 1. The molecular formula is C27H26N4O5. The number of nitrogens with one attached hydrogen (secondary N) is 1. The first kappa shape index (κ1) is 24.5. The number of aryl methyl sites for hydroxylation is 2. The fraction of sp³-hybridized carbons (Fsp3) is 0.185. The standard InChI is InChI=1S/C27H26N4O5/c1-5-31-17(2)29-22-15-20(9-12-23(22)31)26(32)30-28-16-18-6-13-24(25(14-18)35-4)36-27(33)19-7-10-21(34-3)11-8-19/h6-16H,5H2,1-4H3,(H,30,32). The van der Waals surface area contributed by atoms with E-state index in [0.717, 1.165) is 23.4 Å². The Hall–Kier alpha value is -4.66. The number of nitrogens with zero attached hydrogens (tertiary/aromatic N) is 3. The summed E-state index contributed by atoms with van der Waals surface area (Å²) in [5, 5.41) is 4.04. The monoisotopic (exact) mass is 486 g/mol. The van der Waals surface area contributed by atoms with Crippen molar-refractivity contribution in [3.8, 4) is 17.2 Å². The molecule has 0 aliphatic rings. The van der Waals surface area contributed by atoms with Crippen LogP contribution in [0.15, 0.2) is 65.8 Å². The van der Waals surface area contributed by atoms with Crippen LogP contribution in [0.4, 0.5) is 0 Å². The molecule has 3 aromatic carbocycles. The van der Waals surface area contributed by atoms with Crippen LogP contribution in [-0.4, -0.2) is 41.9 Å². The van der Waals surface area contributed by atoms with Crippen LogP contribution in [0.3, 0.4) is 0 Å². The van der Waals surface area contributed by atoms with E-state index in [1.54, 1.807) is 61.7 Å². The van der Waals surface area contributed by atoms with E-state index in [2.05, 4.69) is 27.0 Å². The van der Waals surface area contributed by atoms with E-state index in [1.165, 1.54) is 13.3 Å². The van der Waals surface area contributed by atoms with Crippen LogP contribution < -0.4 is 19.6 Å². The molecular weight excluding hydrogens is 460 g/mol. The maximum absolute atomic E-state index is 12.6. The predicted octanol–water partition coefficient (Wildman–Crippen LogP) is 4.36. The zero-order valence-corrected chi connectivity index (χ0v) is 20.4. The van der Waals surface area contributed by atoms with Gasteiger partial charge in [-0.1, -0.05) is 0 Å². The van der Waals surface area contributed by atoms with Crippen molar-refractivity contribution in [2.45, 2.75) is 20.4 Å². The van der Waals surface area contributed by atoms with Crippen molar-refractivity contribution < 1.29 is 23.8 Å². The van der Waals surface area contributed by atoms with Crippen molar-refractivity contribution in [2.24, 2.45) is 5.10 Å². The third-order valence-corrected chi connectivity index (χ3v) is 5.61. The van der Waals surface area contributed by atoms with Gasteiger partial charge in [-0.25, -0.2) is 15.2 Å². The molecule has 4 rings (SSSR count). The molecule has 0 saturated heterocycles. The number of aromatic nitrogens is 2. The molecule has 0 bridgehead atoms. The zero-order valence-electron chi connectivity index (χ0n) is 20.4. The molecule has 1 N–H and O–H groups in total. The summed E-state index contributed by atoms with van der Waals surface area (Å²) in [5.41, 5.74) is 5.74. The van der Waals surface area contributed by atoms with Gasteiger partial charge in [-0.2, -0.15) is 5.10 Å². The Kier molecular flexibility index (Phi) is 7.29. The topological polar surface area (TPSA) is 104 Å². The highest BCUT2D eigenvalue weighted by Crippen LogP contribution is 2.28. The van der Waals surface area contributed by atoms with Gasteiger partial charge in [-0.05, 0) is 80.1 Å². The number of hydrogen-bond acceptors (Lipinski definition) is 7.